The number of rotatable bonds is 2. The molecule has 0 saturated carbocycles. The first-order chi connectivity index (χ1) is 13.1. The van der Waals surface area contributed by atoms with Crippen LogP contribution in [0.4, 0.5) is 15.9 Å². The zero-order valence-electron chi connectivity index (χ0n) is 15.4. The molecule has 7 heteroatoms. The SMILES string of the molecule is CN1CCC(n2cc(-c3ccc4c(c3F)CCN4)c3c(N)ncnc32)CC1. The molecule has 6 nitrogen and oxygen atoms in total. The van der Waals surface area contributed by atoms with Crippen molar-refractivity contribution in [2.24, 2.45) is 0 Å². The van der Waals surface area contributed by atoms with Crippen LogP contribution in [0, 0.1) is 5.82 Å². The maximum atomic E-state index is 15.3. The number of hydrogen-bond donors (Lipinski definition) is 2. The average molecular weight is 366 g/mol. The normalized spacial score (nSPS) is 18.0. The van der Waals surface area contributed by atoms with Gasteiger partial charge in [0.05, 0.1) is 5.39 Å². The number of aromatic nitrogens is 3. The quantitative estimate of drug-likeness (QED) is 0.729. The van der Waals surface area contributed by atoms with Gasteiger partial charge in [0.15, 0.2) is 0 Å². The van der Waals surface area contributed by atoms with Crippen molar-refractivity contribution in [2.75, 3.05) is 37.7 Å². The van der Waals surface area contributed by atoms with E-state index in [1.165, 1.54) is 6.33 Å². The third kappa shape index (κ3) is 2.56. The van der Waals surface area contributed by atoms with Crippen molar-refractivity contribution in [3.63, 3.8) is 0 Å². The highest BCUT2D eigenvalue weighted by atomic mass is 19.1. The van der Waals surface area contributed by atoms with Crippen LogP contribution in [-0.2, 0) is 6.42 Å². The molecule has 0 aliphatic carbocycles. The molecule has 0 atom stereocenters. The summed E-state index contributed by atoms with van der Waals surface area (Å²) in [6.07, 6.45) is 6.31. The highest BCUT2D eigenvalue weighted by molar-refractivity contribution is 6.01. The second-order valence-electron chi connectivity index (χ2n) is 7.57. The first-order valence-corrected chi connectivity index (χ1v) is 9.48. The maximum absolute atomic E-state index is 15.3. The van der Waals surface area contributed by atoms with E-state index in [0.717, 1.165) is 60.3 Å². The first kappa shape index (κ1) is 16.5. The summed E-state index contributed by atoms with van der Waals surface area (Å²) in [5, 5.41) is 3.98. The van der Waals surface area contributed by atoms with Gasteiger partial charge >= 0.3 is 0 Å². The number of nitrogens with one attached hydrogen (secondary N) is 1. The van der Waals surface area contributed by atoms with Crippen LogP contribution in [0.5, 0.6) is 0 Å². The third-order valence-corrected chi connectivity index (χ3v) is 5.94. The molecule has 5 rings (SSSR count). The van der Waals surface area contributed by atoms with Crippen molar-refractivity contribution in [2.45, 2.75) is 25.3 Å². The Hall–Kier alpha value is -2.67. The molecule has 4 heterocycles. The van der Waals surface area contributed by atoms with Crippen molar-refractivity contribution >= 4 is 22.5 Å². The number of nitrogen functional groups attached to an aromatic ring is 1. The minimum absolute atomic E-state index is 0.164. The fourth-order valence-electron chi connectivity index (χ4n) is 4.43. The lowest BCUT2D eigenvalue weighted by Gasteiger charge is -2.30. The molecule has 0 amide bonds. The molecule has 3 aromatic rings. The van der Waals surface area contributed by atoms with Gasteiger partial charge < -0.3 is 20.5 Å². The summed E-state index contributed by atoms with van der Waals surface area (Å²) in [7, 11) is 2.14. The summed E-state index contributed by atoms with van der Waals surface area (Å²) in [6, 6.07) is 4.14. The largest absolute Gasteiger partial charge is 0.384 e. The molecule has 1 fully saturated rings. The van der Waals surface area contributed by atoms with Gasteiger partial charge in [-0.2, -0.15) is 0 Å². The average Bonchev–Trinajstić information content (AvgIpc) is 3.29. The summed E-state index contributed by atoms with van der Waals surface area (Å²) in [5.74, 6) is 0.239. The molecule has 1 saturated heterocycles. The topological polar surface area (TPSA) is 72.0 Å². The van der Waals surface area contributed by atoms with Crippen molar-refractivity contribution in [1.29, 1.82) is 0 Å². The number of hydrogen-bond acceptors (Lipinski definition) is 5. The Bertz CT molecular complexity index is 1020. The van der Waals surface area contributed by atoms with E-state index in [0.29, 0.717) is 23.8 Å². The van der Waals surface area contributed by atoms with Crippen LogP contribution in [0.1, 0.15) is 24.4 Å². The Morgan fingerprint density at radius 3 is 2.81 bits per heavy atom. The third-order valence-electron chi connectivity index (χ3n) is 5.94. The van der Waals surface area contributed by atoms with Gasteiger partial charge in [0.25, 0.3) is 0 Å². The van der Waals surface area contributed by atoms with Crippen molar-refractivity contribution in [3.05, 3.63) is 36.0 Å². The summed E-state index contributed by atoms with van der Waals surface area (Å²) in [5.41, 5.74) is 10.0. The van der Waals surface area contributed by atoms with Crippen LogP contribution in [0.3, 0.4) is 0 Å². The van der Waals surface area contributed by atoms with E-state index in [2.05, 4.69) is 31.8 Å². The molecule has 2 aromatic heterocycles. The van der Waals surface area contributed by atoms with Crippen molar-refractivity contribution < 1.29 is 4.39 Å². The number of nitrogens with two attached hydrogens (primary N) is 1. The lowest BCUT2D eigenvalue weighted by Crippen LogP contribution is -2.31. The highest BCUT2D eigenvalue weighted by Crippen LogP contribution is 2.40. The minimum Gasteiger partial charge on any atom is -0.384 e. The Balaban J connectivity index is 1.70. The van der Waals surface area contributed by atoms with E-state index < -0.39 is 0 Å². The molecular weight excluding hydrogens is 343 g/mol. The van der Waals surface area contributed by atoms with E-state index in [9.17, 15) is 0 Å². The maximum Gasteiger partial charge on any atom is 0.146 e. The van der Waals surface area contributed by atoms with Gasteiger partial charge in [-0.25, -0.2) is 14.4 Å². The molecule has 0 spiro atoms. The molecule has 2 aliphatic rings. The molecule has 27 heavy (non-hydrogen) atoms. The number of anilines is 2. The molecule has 3 N–H and O–H groups in total. The number of benzene rings is 1. The first-order valence-electron chi connectivity index (χ1n) is 9.48. The zero-order chi connectivity index (χ0) is 18.5. The van der Waals surface area contributed by atoms with Crippen LogP contribution >= 0.6 is 0 Å². The van der Waals surface area contributed by atoms with E-state index in [4.69, 9.17) is 5.73 Å². The fourth-order valence-corrected chi connectivity index (χ4v) is 4.43. The van der Waals surface area contributed by atoms with Gasteiger partial charge in [0.2, 0.25) is 0 Å². The van der Waals surface area contributed by atoms with Gasteiger partial charge in [-0.05, 0) is 51.5 Å². The van der Waals surface area contributed by atoms with Gasteiger partial charge in [0, 0.05) is 41.2 Å². The van der Waals surface area contributed by atoms with Gasteiger partial charge in [-0.1, -0.05) is 0 Å². The second kappa shape index (κ2) is 6.20. The van der Waals surface area contributed by atoms with Gasteiger partial charge in [-0.15, -0.1) is 0 Å². The lowest BCUT2D eigenvalue weighted by molar-refractivity contribution is 0.224. The summed E-state index contributed by atoms with van der Waals surface area (Å²) in [4.78, 5) is 11.0. The second-order valence-corrected chi connectivity index (χ2v) is 7.57. The van der Waals surface area contributed by atoms with Crippen molar-refractivity contribution in [1.82, 2.24) is 19.4 Å². The van der Waals surface area contributed by atoms with Gasteiger partial charge in [-0.3, -0.25) is 0 Å². The van der Waals surface area contributed by atoms with E-state index in [-0.39, 0.29) is 5.82 Å². The molecular formula is C20H23FN6. The van der Waals surface area contributed by atoms with E-state index in [1.54, 1.807) is 0 Å². The van der Waals surface area contributed by atoms with E-state index in [1.807, 2.05) is 18.3 Å². The van der Waals surface area contributed by atoms with Crippen LogP contribution < -0.4 is 11.1 Å². The predicted octanol–water partition coefficient (Wildman–Crippen LogP) is 3.05. The zero-order valence-corrected chi connectivity index (χ0v) is 15.4. The fraction of sp³-hybridized carbons (Fsp3) is 0.400. The number of nitrogens with zero attached hydrogens (tertiary/aromatic N) is 4. The van der Waals surface area contributed by atoms with Crippen LogP contribution in [-0.4, -0.2) is 46.1 Å². The van der Waals surface area contributed by atoms with E-state index >= 15 is 4.39 Å². The Morgan fingerprint density at radius 1 is 1.19 bits per heavy atom. The number of halogens is 1. The monoisotopic (exact) mass is 366 g/mol. The Kier molecular flexibility index (Phi) is 3.79. The molecule has 0 radical (unpaired) electrons. The highest BCUT2D eigenvalue weighted by Gasteiger charge is 2.26. The van der Waals surface area contributed by atoms with Crippen molar-refractivity contribution in [3.8, 4) is 11.1 Å². The number of fused-ring (bicyclic) bond motifs is 2. The number of likely N-dealkylation sites (tertiary alicyclic amines) is 1. The summed E-state index contributed by atoms with van der Waals surface area (Å²) >= 11 is 0. The molecule has 2 aliphatic heterocycles. The van der Waals surface area contributed by atoms with Crippen LogP contribution in [0.2, 0.25) is 0 Å². The molecule has 1 aromatic carbocycles. The minimum atomic E-state index is -0.164. The standard InChI is InChI=1S/C20H23FN6/c1-26-8-5-12(6-9-26)27-10-15(17-19(22)24-11-25-20(17)27)13-2-3-16-14(18(13)21)4-7-23-16/h2-3,10-12,23H,4-9H2,1H3,(H2,22,24,25). The molecule has 0 unspecified atom stereocenters. The summed E-state index contributed by atoms with van der Waals surface area (Å²) in [6.45, 7) is 2.86. The number of piperidine rings is 1. The molecule has 140 valence electrons. The van der Waals surface area contributed by atoms with Gasteiger partial charge in [0.1, 0.15) is 23.6 Å². The lowest BCUT2D eigenvalue weighted by atomic mass is 10.0. The summed E-state index contributed by atoms with van der Waals surface area (Å²) < 4.78 is 17.5. The Morgan fingerprint density at radius 2 is 2.00 bits per heavy atom. The molecule has 0 bridgehead atoms. The smallest absolute Gasteiger partial charge is 0.146 e. The van der Waals surface area contributed by atoms with Crippen LogP contribution in [0.25, 0.3) is 22.2 Å². The Labute approximate surface area is 157 Å². The van der Waals surface area contributed by atoms with Crippen LogP contribution in [0.15, 0.2) is 24.7 Å². The predicted molar refractivity (Wildman–Crippen MR) is 105 cm³/mol.